The Labute approximate surface area is 239 Å². The van der Waals surface area contributed by atoms with Crippen LogP contribution in [0.3, 0.4) is 0 Å². The molecule has 3 aromatic rings. The van der Waals surface area contributed by atoms with Gasteiger partial charge in [-0.05, 0) is 31.7 Å². The number of anilines is 4. The van der Waals surface area contributed by atoms with E-state index in [4.69, 9.17) is 10.2 Å². The molecule has 3 aromatic heterocycles. The number of rotatable bonds is 4. The summed E-state index contributed by atoms with van der Waals surface area (Å²) >= 11 is 0. The van der Waals surface area contributed by atoms with E-state index in [1.54, 1.807) is 17.1 Å². The Hall–Kier alpha value is -3.70. The molecule has 12 heteroatoms. The SMILES string of the molecule is Nc1nn2c(c1C(=O)Nc1cnccc1N1CCC(c3nnco3)CC1)NCC(F)C21CCCCCCCCCC1. The number of fused-ring (bicyclic) bond motifs is 2. The molecule has 1 spiro atoms. The lowest BCUT2D eigenvalue weighted by Crippen LogP contribution is -2.51. The molecule has 1 amide bonds. The highest BCUT2D eigenvalue weighted by Crippen LogP contribution is 2.43. The van der Waals surface area contributed by atoms with Gasteiger partial charge in [-0.1, -0.05) is 51.4 Å². The Morgan fingerprint density at radius 3 is 2.49 bits per heavy atom. The minimum Gasteiger partial charge on any atom is -0.428 e. The van der Waals surface area contributed by atoms with Crippen molar-refractivity contribution in [2.24, 2.45) is 0 Å². The first-order valence-electron chi connectivity index (χ1n) is 15.1. The van der Waals surface area contributed by atoms with Gasteiger partial charge in [0.1, 0.15) is 17.6 Å². The van der Waals surface area contributed by atoms with Crippen LogP contribution in [0.4, 0.5) is 27.4 Å². The van der Waals surface area contributed by atoms with Crippen LogP contribution in [0.5, 0.6) is 0 Å². The molecule has 1 saturated heterocycles. The standard InChI is InChI=1S/C29H40FN9O2/c30-23-18-33-26-24(25(31)37-39(26)29(23)12-7-5-3-1-2-4-6-8-13-29)27(40)35-21-17-32-14-9-22(21)38-15-10-20(11-16-38)28-36-34-19-41-28/h9,14,17,19-20,23,33H,1-8,10-13,15-16,18H2,(H2,31,37)(H,35,40). The minimum absolute atomic E-state index is 0.110. The van der Waals surface area contributed by atoms with Crippen LogP contribution in [-0.4, -0.2) is 56.7 Å². The first-order valence-corrected chi connectivity index (χ1v) is 15.1. The van der Waals surface area contributed by atoms with E-state index in [9.17, 15) is 4.79 Å². The van der Waals surface area contributed by atoms with Crippen LogP contribution in [0.25, 0.3) is 0 Å². The monoisotopic (exact) mass is 565 g/mol. The molecule has 0 radical (unpaired) electrons. The normalized spacial score (nSPS) is 22.0. The molecule has 1 aliphatic carbocycles. The van der Waals surface area contributed by atoms with Gasteiger partial charge >= 0.3 is 0 Å². The van der Waals surface area contributed by atoms with Crippen molar-refractivity contribution < 1.29 is 13.6 Å². The molecule has 2 fully saturated rings. The van der Waals surface area contributed by atoms with Crippen molar-refractivity contribution in [1.82, 2.24) is 25.0 Å². The lowest BCUT2D eigenvalue weighted by Gasteiger charge is -2.42. The zero-order valence-electron chi connectivity index (χ0n) is 23.5. The number of nitrogens with two attached hydrogens (primary N) is 1. The van der Waals surface area contributed by atoms with Crippen LogP contribution < -0.4 is 21.3 Å². The second-order valence-electron chi connectivity index (χ2n) is 11.7. The van der Waals surface area contributed by atoms with E-state index in [0.717, 1.165) is 57.3 Å². The fourth-order valence-corrected chi connectivity index (χ4v) is 6.90. The Kier molecular flexibility index (Phi) is 8.06. The molecule has 5 heterocycles. The lowest BCUT2D eigenvalue weighted by atomic mass is 9.81. The van der Waals surface area contributed by atoms with Gasteiger partial charge in [0.2, 0.25) is 12.3 Å². The van der Waals surface area contributed by atoms with Gasteiger partial charge in [-0.3, -0.25) is 9.78 Å². The molecule has 11 nitrogen and oxygen atoms in total. The van der Waals surface area contributed by atoms with E-state index < -0.39 is 11.7 Å². The maximum Gasteiger partial charge on any atom is 0.263 e. The molecular weight excluding hydrogens is 525 g/mol. The number of carbonyl (C=O) groups excluding carboxylic acids is 1. The third kappa shape index (κ3) is 5.48. The number of pyridine rings is 1. The van der Waals surface area contributed by atoms with Crippen molar-refractivity contribution in [2.45, 2.75) is 94.7 Å². The summed E-state index contributed by atoms with van der Waals surface area (Å²) < 4.78 is 23.0. The van der Waals surface area contributed by atoms with Crippen LogP contribution in [0.2, 0.25) is 0 Å². The van der Waals surface area contributed by atoms with Gasteiger partial charge in [-0.15, -0.1) is 10.2 Å². The van der Waals surface area contributed by atoms with Gasteiger partial charge in [0, 0.05) is 31.7 Å². The van der Waals surface area contributed by atoms with E-state index in [0.29, 0.717) is 30.2 Å². The molecule has 41 heavy (non-hydrogen) atoms. The second kappa shape index (κ2) is 12.0. The summed E-state index contributed by atoms with van der Waals surface area (Å²) in [6.07, 6.45) is 15.6. The van der Waals surface area contributed by atoms with Gasteiger partial charge in [0.15, 0.2) is 5.82 Å². The number of nitrogens with zero attached hydrogens (tertiary/aromatic N) is 6. The highest BCUT2D eigenvalue weighted by molar-refractivity contribution is 6.12. The molecule has 6 rings (SSSR count). The van der Waals surface area contributed by atoms with Crippen molar-refractivity contribution in [3.05, 3.63) is 36.3 Å². The van der Waals surface area contributed by atoms with Crippen LogP contribution in [0.1, 0.15) is 99.2 Å². The van der Waals surface area contributed by atoms with Crippen molar-refractivity contribution in [3.63, 3.8) is 0 Å². The molecule has 3 aliphatic rings. The molecule has 0 bridgehead atoms. The van der Waals surface area contributed by atoms with Gasteiger partial charge in [-0.25, -0.2) is 9.07 Å². The fraction of sp³-hybridized carbons (Fsp3) is 0.621. The smallest absolute Gasteiger partial charge is 0.263 e. The van der Waals surface area contributed by atoms with Gasteiger partial charge < -0.3 is 25.7 Å². The second-order valence-corrected chi connectivity index (χ2v) is 11.7. The number of nitrogens with one attached hydrogen (secondary N) is 2. The molecule has 0 aromatic carbocycles. The predicted molar refractivity (Wildman–Crippen MR) is 155 cm³/mol. The Morgan fingerprint density at radius 1 is 1.10 bits per heavy atom. The van der Waals surface area contributed by atoms with Crippen molar-refractivity contribution >= 4 is 28.9 Å². The summed E-state index contributed by atoms with van der Waals surface area (Å²) in [5.74, 6) is 1.13. The third-order valence-electron chi connectivity index (χ3n) is 9.17. The molecule has 1 atom stereocenters. The van der Waals surface area contributed by atoms with E-state index in [1.165, 1.54) is 32.1 Å². The Bertz CT molecular complexity index is 1310. The summed E-state index contributed by atoms with van der Waals surface area (Å²) in [7, 11) is 0. The molecule has 1 saturated carbocycles. The zero-order valence-corrected chi connectivity index (χ0v) is 23.5. The number of nitrogen functional groups attached to an aromatic ring is 1. The molecular formula is C29H40FN9O2. The number of hydrogen-bond acceptors (Lipinski definition) is 9. The summed E-state index contributed by atoms with van der Waals surface area (Å²) in [4.78, 5) is 20.3. The van der Waals surface area contributed by atoms with Crippen LogP contribution >= 0.6 is 0 Å². The van der Waals surface area contributed by atoms with E-state index >= 15 is 4.39 Å². The van der Waals surface area contributed by atoms with Crippen LogP contribution in [-0.2, 0) is 5.54 Å². The average molecular weight is 566 g/mol. The Morgan fingerprint density at radius 2 is 1.80 bits per heavy atom. The zero-order chi connectivity index (χ0) is 28.2. The number of aromatic nitrogens is 5. The predicted octanol–water partition coefficient (Wildman–Crippen LogP) is 5.25. The van der Waals surface area contributed by atoms with E-state index in [1.807, 2.05) is 6.07 Å². The highest BCUT2D eigenvalue weighted by Gasteiger charge is 2.47. The van der Waals surface area contributed by atoms with Crippen LogP contribution in [0.15, 0.2) is 29.3 Å². The minimum atomic E-state index is -1.11. The lowest BCUT2D eigenvalue weighted by molar-refractivity contribution is 0.0738. The highest BCUT2D eigenvalue weighted by atomic mass is 19.1. The number of piperidine rings is 1. The number of halogens is 1. The maximum atomic E-state index is 15.8. The number of amides is 1. The molecule has 2 aliphatic heterocycles. The topological polar surface area (TPSA) is 140 Å². The third-order valence-corrected chi connectivity index (χ3v) is 9.17. The summed E-state index contributed by atoms with van der Waals surface area (Å²) in [5.41, 5.74) is 7.35. The number of hydrogen-bond donors (Lipinski definition) is 3. The van der Waals surface area contributed by atoms with Crippen molar-refractivity contribution in [2.75, 3.05) is 40.9 Å². The van der Waals surface area contributed by atoms with E-state index in [-0.39, 0.29) is 29.8 Å². The summed E-state index contributed by atoms with van der Waals surface area (Å²) in [6, 6.07) is 1.91. The van der Waals surface area contributed by atoms with E-state index in [2.05, 4.69) is 35.8 Å². The van der Waals surface area contributed by atoms with Gasteiger partial charge in [0.25, 0.3) is 5.91 Å². The Balaban J connectivity index is 1.23. The summed E-state index contributed by atoms with van der Waals surface area (Å²) in [6.45, 7) is 1.68. The maximum absolute atomic E-state index is 15.8. The first-order chi connectivity index (χ1) is 20.1. The van der Waals surface area contributed by atoms with Gasteiger partial charge in [-0.2, -0.15) is 5.10 Å². The molecule has 4 N–H and O–H groups in total. The largest absolute Gasteiger partial charge is 0.428 e. The molecule has 1 unspecified atom stereocenters. The molecule has 220 valence electrons. The fourth-order valence-electron chi connectivity index (χ4n) is 6.90. The number of carbonyl (C=O) groups is 1. The number of alkyl halides is 1. The quantitative estimate of drug-likeness (QED) is 0.387. The van der Waals surface area contributed by atoms with Crippen molar-refractivity contribution in [1.29, 1.82) is 0 Å². The van der Waals surface area contributed by atoms with Crippen LogP contribution in [0, 0.1) is 0 Å². The van der Waals surface area contributed by atoms with Crippen molar-refractivity contribution in [3.8, 4) is 0 Å². The van der Waals surface area contributed by atoms with Gasteiger partial charge in [0.05, 0.1) is 23.1 Å². The average Bonchev–Trinajstić information content (AvgIpc) is 3.63. The summed E-state index contributed by atoms with van der Waals surface area (Å²) in [5, 5.41) is 18.7. The first kappa shape index (κ1) is 27.5.